The highest BCUT2D eigenvalue weighted by atomic mass is 16.3. The van der Waals surface area contributed by atoms with Crippen LogP contribution >= 0.6 is 0 Å². The standard InChI is InChI=1S/C20H32O2/c1-12-6-5-7-13(2)15-10-11-20(4)17(15)14(3)16(9-8-12)18(21)19(20)22/h7,12,15,17-19,21-22H,5-6,8-11H2,1-4H3. The number of hydrogen-bond acceptors (Lipinski definition) is 2. The van der Waals surface area contributed by atoms with Crippen molar-refractivity contribution in [3.8, 4) is 0 Å². The van der Waals surface area contributed by atoms with Gasteiger partial charge in [0.25, 0.3) is 0 Å². The molecule has 0 amide bonds. The first kappa shape index (κ1) is 16.3. The average molecular weight is 304 g/mol. The van der Waals surface area contributed by atoms with Crippen LogP contribution in [-0.4, -0.2) is 22.4 Å². The number of hydrogen-bond donors (Lipinski definition) is 2. The molecule has 0 aromatic rings. The van der Waals surface area contributed by atoms with Gasteiger partial charge >= 0.3 is 0 Å². The third kappa shape index (κ3) is 2.39. The van der Waals surface area contributed by atoms with Crippen molar-refractivity contribution in [3.63, 3.8) is 0 Å². The zero-order valence-electron chi connectivity index (χ0n) is 14.6. The van der Waals surface area contributed by atoms with Crippen LogP contribution in [0, 0.1) is 23.2 Å². The molecule has 6 atom stereocenters. The van der Waals surface area contributed by atoms with Crippen LogP contribution in [0.3, 0.4) is 0 Å². The lowest BCUT2D eigenvalue weighted by Gasteiger charge is -2.47. The number of aliphatic hydroxyl groups excluding tert-OH is 2. The second-order valence-corrected chi connectivity index (χ2v) is 8.40. The molecule has 0 heterocycles. The van der Waals surface area contributed by atoms with E-state index in [1.54, 1.807) is 0 Å². The lowest BCUT2D eigenvalue weighted by Crippen LogP contribution is -2.50. The first-order chi connectivity index (χ1) is 10.4. The maximum Gasteiger partial charge on any atom is 0.102 e. The lowest BCUT2D eigenvalue weighted by molar-refractivity contribution is -0.0699. The molecular weight excluding hydrogens is 272 g/mol. The second kappa shape index (κ2) is 5.79. The number of aliphatic hydroxyl groups is 2. The first-order valence-electron chi connectivity index (χ1n) is 9.08. The van der Waals surface area contributed by atoms with Crippen LogP contribution in [0.15, 0.2) is 22.8 Å². The van der Waals surface area contributed by atoms with Gasteiger partial charge in [0.1, 0.15) is 6.10 Å². The molecule has 0 aromatic heterocycles. The van der Waals surface area contributed by atoms with Crippen molar-refractivity contribution in [1.29, 1.82) is 0 Å². The summed E-state index contributed by atoms with van der Waals surface area (Å²) in [5, 5.41) is 21.6. The normalized spacial score (nSPS) is 46.3. The van der Waals surface area contributed by atoms with E-state index < -0.39 is 12.2 Å². The molecule has 6 unspecified atom stereocenters. The molecule has 3 aliphatic carbocycles. The van der Waals surface area contributed by atoms with Crippen LogP contribution in [0.4, 0.5) is 0 Å². The minimum atomic E-state index is -0.655. The number of rotatable bonds is 0. The summed E-state index contributed by atoms with van der Waals surface area (Å²) in [5.74, 6) is 1.64. The quantitative estimate of drug-likeness (QED) is 0.658. The van der Waals surface area contributed by atoms with Gasteiger partial charge in [-0.05, 0) is 75.7 Å². The Hall–Kier alpha value is -0.600. The monoisotopic (exact) mass is 304 g/mol. The van der Waals surface area contributed by atoms with Gasteiger partial charge in [-0.25, -0.2) is 0 Å². The van der Waals surface area contributed by atoms with Gasteiger partial charge in [0, 0.05) is 5.41 Å². The Morgan fingerprint density at radius 2 is 1.86 bits per heavy atom. The van der Waals surface area contributed by atoms with Gasteiger partial charge in [-0.3, -0.25) is 0 Å². The molecule has 2 heteroatoms. The molecule has 3 aliphatic rings. The summed E-state index contributed by atoms with van der Waals surface area (Å²) in [5.41, 5.74) is 3.87. The van der Waals surface area contributed by atoms with Crippen molar-refractivity contribution >= 4 is 0 Å². The van der Waals surface area contributed by atoms with Gasteiger partial charge in [-0.2, -0.15) is 0 Å². The summed E-state index contributed by atoms with van der Waals surface area (Å²) in [6.45, 7) is 9.01. The summed E-state index contributed by atoms with van der Waals surface area (Å²) in [7, 11) is 0. The topological polar surface area (TPSA) is 40.5 Å². The van der Waals surface area contributed by atoms with Gasteiger partial charge in [0.15, 0.2) is 0 Å². The van der Waals surface area contributed by atoms with Crippen molar-refractivity contribution in [2.75, 3.05) is 0 Å². The molecule has 0 spiro atoms. The fourth-order valence-electron chi connectivity index (χ4n) is 5.49. The molecule has 1 saturated carbocycles. The Balaban J connectivity index is 2.09. The molecule has 2 nitrogen and oxygen atoms in total. The Kier molecular flexibility index (Phi) is 4.28. The van der Waals surface area contributed by atoms with Crippen molar-refractivity contribution in [2.24, 2.45) is 23.2 Å². The average Bonchev–Trinajstić information content (AvgIpc) is 2.83. The predicted octanol–water partition coefficient (Wildman–Crippen LogP) is 4.23. The molecule has 2 bridgehead atoms. The van der Waals surface area contributed by atoms with E-state index in [2.05, 4.69) is 33.8 Å². The van der Waals surface area contributed by atoms with E-state index in [4.69, 9.17) is 0 Å². The zero-order valence-corrected chi connectivity index (χ0v) is 14.6. The fourth-order valence-corrected chi connectivity index (χ4v) is 5.49. The van der Waals surface area contributed by atoms with Crippen molar-refractivity contribution < 1.29 is 10.2 Å². The Bertz CT molecular complexity index is 504. The van der Waals surface area contributed by atoms with Gasteiger partial charge in [-0.15, -0.1) is 0 Å². The molecule has 0 aliphatic heterocycles. The Morgan fingerprint density at radius 1 is 1.14 bits per heavy atom. The van der Waals surface area contributed by atoms with E-state index in [9.17, 15) is 10.2 Å². The van der Waals surface area contributed by atoms with E-state index in [1.807, 2.05) is 0 Å². The summed E-state index contributed by atoms with van der Waals surface area (Å²) < 4.78 is 0. The van der Waals surface area contributed by atoms with Gasteiger partial charge in [0.05, 0.1) is 6.10 Å². The largest absolute Gasteiger partial charge is 0.389 e. The summed E-state index contributed by atoms with van der Waals surface area (Å²) in [6, 6.07) is 0. The van der Waals surface area contributed by atoms with Crippen LogP contribution in [0.1, 0.15) is 66.2 Å². The molecule has 3 rings (SSSR count). The van der Waals surface area contributed by atoms with E-state index in [1.165, 1.54) is 24.0 Å². The predicted molar refractivity (Wildman–Crippen MR) is 90.4 cm³/mol. The van der Waals surface area contributed by atoms with Crippen LogP contribution in [-0.2, 0) is 0 Å². The van der Waals surface area contributed by atoms with Crippen LogP contribution in [0.5, 0.6) is 0 Å². The highest BCUT2D eigenvalue weighted by Crippen LogP contribution is 2.59. The molecule has 0 saturated heterocycles. The maximum atomic E-state index is 10.8. The smallest absolute Gasteiger partial charge is 0.102 e. The van der Waals surface area contributed by atoms with Crippen molar-refractivity contribution in [2.45, 2.75) is 78.4 Å². The van der Waals surface area contributed by atoms with Gasteiger partial charge in [0.2, 0.25) is 0 Å². The third-order valence-electron chi connectivity index (χ3n) is 7.03. The highest BCUT2D eigenvalue weighted by Gasteiger charge is 2.55. The molecule has 2 N–H and O–H groups in total. The molecule has 0 aromatic carbocycles. The van der Waals surface area contributed by atoms with E-state index in [-0.39, 0.29) is 5.41 Å². The summed E-state index contributed by atoms with van der Waals surface area (Å²) >= 11 is 0. The number of allylic oxidation sites excluding steroid dienone is 3. The van der Waals surface area contributed by atoms with Crippen molar-refractivity contribution in [1.82, 2.24) is 0 Å². The minimum Gasteiger partial charge on any atom is -0.389 e. The van der Waals surface area contributed by atoms with Crippen molar-refractivity contribution in [3.05, 3.63) is 22.8 Å². The third-order valence-corrected chi connectivity index (χ3v) is 7.03. The van der Waals surface area contributed by atoms with Gasteiger partial charge in [-0.1, -0.05) is 31.1 Å². The second-order valence-electron chi connectivity index (χ2n) is 8.40. The molecule has 124 valence electrons. The lowest BCUT2D eigenvalue weighted by atomic mass is 9.61. The fraction of sp³-hybridized carbons (Fsp3) is 0.800. The molecule has 0 radical (unpaired) electrons. The highest BCUT2D eigenvalue weighted by molar-refractivity contribution is 5.33. The minimum absolute atomic E-state index is 0.160. The molecule has 22 heavy (non-hydrogen) atoms. The Labute approximate surface area is 135 Å². The van der Waals surface area contributed by atoms with E-state index in [0.29, 0.717) is 17.8 Å². The van der Waals surface area contributed by atoms with Crippen LogP contribution < -0.4 is 0 Å². The zero-order chi connectivity index (χ0) is 16.1. The van der Waals surface area contributed by atoms with Crippen LogP contribution in [0.2, 0.25) is 0 Å². The van der Waals surface area contributed by atoms with E-state index >= 15 is 0 Å². The molecular formula is C20H32O2. The molecule has 1 fully saturated rings. The SMILES string of the molecule is CC1=CCCC(C)CCC2=C(C)C3C1CCC3(C)C(O)C2O. The Morgan fingerprint density at radius 3 is 2.59 bits per heavy atom. The van der Waals surface area contributed by atoms with E-state index in [0.717, 1.165) is 31.3 Å². The van der Waals surface area contributed by atoms with Crippen LogP contribution in [0.25, 0.3) is 0 Å². The summed E-state index contributed by atoms with van der Waals surface area (Å²) in [4.78, 5) is 0. The van der Waals surface area contributed by atoms with Gasteiger partial charge < -0.3 is 10.2 Å². The maximum absolute atomic E-state index is 10.8. The first-order valence-corrected chi connectivity index (χ1v) is 9.08. The summed E-state index contributed by atoms with van der Waals surface area (Å²) in [6.07, 6.45) is 7.83.